The molecule has 5 rings (SSSR count). The predicted octanol–water partition coefficient (Wildman–Crippen LogP) is 4.38. The maximum absolute atomic E-state index is 13.1. The normalized spacial score (nSPS) is 17.4. The van der Waals surface area contributed by atoms with Crippen molar-refractivity contribution in [1.29, 1.82) is 0 Å². The maximum atomic E-state index is 13.1. The highest BCUT2D eigenvalue weighted by Gasteiger charge is 2.43. The number of rotatable bonds is 1. The van der Waals surface area contributed by atoms with Crippen molar-refractivity contribution in [3.05, 3.63) is 94.5 Å². The van der Waals surface area contributed by atoms with Gasteiger partial charge in [-0.25, -0.2) is 4.99 Å². The number of hydrogen-bond donors (Lipinski definition) is 1. The zero-order valence-corrected chi connectivity index (χ0v) is 15.4. The summed E-state index contributed by atoms with van der Waals surface area (Å²) in [5.74, 6) is 0.127. The minimum Gasteiger partial charge on any atom is -0.340 e. The van der Waals surface area contributed by atoms with Gasteiger partial charge >= 0.3 is 0 Å². The van der Waals surface area contributed by atoms with Crippen LogP contribution in [0.15, 0.2) is 77.8 Å². The molecule has 0 saturated carbocycles. The maximum Gasteiger partial charge on any atom is 0.261 e. The van der Waals surface area contributed by atoms with Crippen molar-refractivity contribution in [3.8, 4) is 0 Å². The van der Waals surface area contributed by atoms with Crippen LogP contribution < -0.4 is 10.2 Å². The summed E-state index contributed by atoms with van der Waals surface area (Å²) >= 11 is 5.96. The van der Waals surface area contributed by atoms with Crippen LogP contribution in [0.4, 0.5) is 11.4 Å². The van der Waals surface area contributed by atoms with E-state index in [4.69, 9.17) is 11.6 Å². The number of hydrogen-bond acceptors (Lipinski definition) is 4. The molecule has 1 N–H and O–H groups in total. The summed E-state index contributed by atoms with van der Waals surface area (Å²) in [5, 5.41) is 3.89. The Morgan fingerprint density at radius 1 is 0.821 bits per heavy atom. The van der Waals surface area contributed by atoms with Crippen molar-refractivity contribution in [3.63, 3.8) is 0 Å². The second-order valence-electron chi connectivity index (χ2n) is 6.59. The molecule has 3 aromatic rings. The molecule has 0 bridgehead atoms. The Bertz CT molecular complexity index is 1150. The highest BCUT2D eigenvalue weighted by molar-refractivity contribution is 6.30. The Morgan fingerprint density at radius 2 is 1.46 bits per heavy atom. The molecule has 28 heavy (non-hydrogen) atoms. The molecule has 1 atom stereocenters. The molecule has 0 fully saturated rings. The van der Waals surface area contributed by atoms with Gasteiger partial charge in [-0.2, -0.15) is 0 Å². The molecule has 3 aromatic carbocycles. The number of amides is 1. The smallest absolute Gasteiger partial charge is 0.261 e. The van der Waals surface area contributed by atoms with Gasteiger partial charge in [-0.3, -0.25) is 14.5 Å². The van der Waals surface area contributed by atoms with Crippen LogP contribution in [0.1, 0.15) is 26.3 Å². The van der Waals surface area contributed by atoms with Crippen molar-refractivity contribution in [2.75, 3.05) is 10.2 Å². The molecule has 0 radical (unpaired) electrons. The van der Waals surface area contributed by atoms with Crippen LogP contribution in [0.5, 0.6) is 0 Å². The third-order valence-corrected chi connectivity index (χ3v) is 5.15. The fourth-order valence-corrected chi connectivity index (χ4v) is 3.71. The topological polar surface area (TPSA) is 61.8 Å². The molecule has 2 heterocycles. The summed E-state index contributed by atoms with van der Waals surface area (Å²) < 4.78 is 0. The van der Waals surface area contributed by atoms with Crippen LogP contribution in [-0.2, 0) is 0 Å². The van der Waals surface area contributed by atoms with Gasteiger partial charge in [0, 0.05) is 21.8 Å². The van der Waals surface area contributed by atoms with E-state index in [0.717, 1.165) is 11.3 Å². The number of para-hydroxylation sites is 1. The summed E-state index contributed by atoms with van der Waals surface area (Å²) in [6.45, 7) is 0. The number of aliphatic imine (C=N–C) groups is 1. The van der Waals surface area contributed by atoms with Crippen LogP contribution in [0.3, 0.4) is 0 Å². The first kappa shape index (κ1) is 16.7. The Kier molecular flexibility index (Phi) is 3.77. The first-order chi connectivity index (χ1) is 13.6. The molecule has 0 aromatic heterocycles. The van der Waals surface area contributed by atoms with E-state index in [1.54, 1.807) is 36.4 Å². The molecule has 136 valence electrons. The van der Waals surface area contributed by atoms with Crippen LogP contribution in [-0.4, -0.2) is 23.7 Å². The fraction of sp³-hybridized carbons (Fsp3) is 0.0455. The Balaban J connectivity index is 1.65. The van der Waals surface area contributed by atoms with Crippen molar-refractivity contribution in [1.82, 2.24) is 0 Å². The molecular formula is C22H14ClN3O2. The molecule has 0 aliphatic carbocycles. The van der Waals surface area contributed by atoms with Gasteiger partial charge in [0.25, 0.3) is 5.91 Å². The lowest BCUT2D eigenvalue weighted by molar-refractivity contribution is 0.0871. The third kappa shape index (κ3) is 2.52. The number of Topliss-reactive ketones (excluding diaryl/α,β-unsaturated/α-hetero) is 1. The van der Waals surface area contributed by atoms with E-state index < -0.39 is 6.17 Å². The Labute approximate surface area is 166 Å². The number of nitrogens with one attached hydrogen (secondary N) is 1. The first-order valence-electron chi connectivity index (χ1n) is 8.80. The van der Waals surface area contributed by atoms with Gasteiger partial charge in [0.05, 0.1) is 11.3 Å². The molecule has 1 unspecified atom stereocenters. The molecule has 5 nitrogen and oxygen atoms in total. The van der Waals surface area contributed by atoms with Gasteiger partial charge in [-0.05, 0) is 42.5 Å². The number of amidine groups is 1. The average Bonchev–Trinajstić information content (AvgIpc) is 2.73. The second-order valence-corrected chi connectivity index (χ2v) is 7.02. The highest BCUT2D eigenvalue weighted by Crippen LogP contribution is 2.35. The monoisotopic (exact) mass is 387 g/mol. The lowest BCUT2D eigenvalue weighted by Gasteiger charge is -2.37. The van der Waals surface area contributed by atoms with Gasteiger partial charge in [-0.15, -0.1) is 0 Å². The standard InChI is InChI=1S/C22H14ClN3O2/c23-13-9-11-14(12-10-13)24-20-17-7-3-4-8-18(17)26-21(25-20)19(27)15-5-1-2-6-16(15)22(26)28/h1-12,21H,(H,24,25). The van der Waals surface area contributed by atoms with Gasteiger partial charge in [-0.1, -0.05) is 41.9 Å². The van der Waals surface area contributed by atoms with Gasteiger partial charge in [0.15, 0.2) is 6.17 Å². The van der Waals surface area contributed by atoms with E-state index >= 15 is 0 Å². The van der Waals surface area contributed by atoms with E-state index in [1.165, 1.54) is 4.90 Å². The Morgan fingerprint density at radius 3 is 2.21 bits per heavy atom. The van der Waals surface area contributed by atoms with E-state index in [1.807, 2.05) is 36.4 Å². The predicted molar refractivity (Wildman–Crippen MR) is 109 cm³/mol. The van der Waals surface area contributed by atoms with Gasteiger partial charge in [0.2, 0.25) is 5.78 Å². The first-order valence-corrected chi connectivity index (χ1v) is 9.18. The average molecular weight is 388 g/mol. The highest BCUT2D eigenvalue weighted by atomic mass is 35.5. The number of fused-ring (bicyclic) bond motifs is 4. The zero-order chi connectivity index (χ0) is 19.3. The molecule has 6 heteroatoms. The number of ketones is 1. The van der Waals surface area contributed by atoms with Gasteiger partial charge < -0.3 is 5.32 Å². The van der Waals surface area contributed by atoms with Crippen molar-refractivity contribution in [2.45, 2.75) is 6.17 Å². The van der Waals surface area contributed by atoms with Crippen LogP contribution in [0, 0.1) is 0 Å². The van der Waals surface area contributed by atoms with E-state index in [2.05, 4.69) is 10.3 Å². The SMILES string of the molecule is O=C1c2ccccc2C(=O)N2c3ccccc3C(Nc3ccc(Cl)cc3)=NC12. The van der Waals surface area contributed by atoms with Crippen molar-refractivity contribution >= 4 is 40.5 Å². The summed E-state index contributed by atoms with van der Waals surface area (Å²) in [6, 6.07) is 21.5. The molecular weight excluding hydrogens is 374 g/mol. The Hall–Kier alpha value is -3.44. The molecule has 2 aliphatic rings. The fourth-order valence-electron chi connectivity index (χ4n) is 3.58. The number of carbonyl (C=O) groups excluding carboxylic acids is 2. The molecule has 0 spiro atoms. The minimum atomic E-state index is -0.924. The number of anilines is 2. The lowest BCUT2D eigenvalue weighted by atomic mass is 9.93. The van der Waals surface area contributed by atoms with Crippen LogP contribution >= 0.6 is 11.6 Å². The van der Waals surface area contributed by atoms with Crippen LogP contribution in [0.2, 0.25) is 5.02 Å². The molecule has 1 amide bonds. The minimum absolute atomic E-state index is 0.194. The number of halogens is 1. The summed E-state index contributed by atoms with van der Waals surface area (Å²) in [5.41, 5.74) is 3.02. The molecule has 2 aliphatic heterocycles. The van der Waals surface area contributed by atoms with E-state index in [-0.39, 0.29) is 11.7 Å². The zero-order valence-electron chi connectivity index (χ0n) is 14.6. The molecule has 0 saturated heterocycles. The third-order valence-electron chi connectivity index (χ3n) is 4.90. The van der Waals surface area contributed by atoms with Crippen molar-refractivity contribution < 1.29 is 9.59 Å². The largest absolute Gasteiger partial charge is 0.340 e. The van der Waals surface area contributed by atoms with E-state index in [0.29, 0.717) is 27.7 Å². The second kappa shape index (κ2) is 6.32. The summed E-state index contributed by atoms with van der Waals surface area (Å²) in [7, 11) is 0. The number of nitrogens with zero attached hydrogens (tertiary/aromatic N) is 2. The van der Waals surface area contributed by atoms with Crippen LogP contribution in [0.25, 0.3) is 0 Å². The summed E-state index contributed by atoms with van der Waals surface area (Å²) in [4.78, 5) is 32.3. The number of benzene rings is 3. The van der Waals surface area contributed by atoms with E-state index in [9.17, 15) is 9.59 Å². The van der Waals surface area contributed by atoms with Gasteiger partial charge in [0.1, 0.15) is 5.84 Å². The number of carbonyl (C=O) groups is 2. The summed E-state index contributed by atoms with van der Waals surface area (Å²) in [6.07, 6.45) is -0.924. The van der Waals surface area contributed by atoms with Crippen molar-refractivity contribution in [2.24, 2.45) is 4.99 Å². The quantitative estimate of drug-likeness (QED) is 0.674. The lowest BCUT2D eigenvalue weighted by Crippen LogP contribution is -2.52.